The molecule has 1 aliphatic carbocycles. The molecule has 0 saturated heterocycles. The summed E-state index contributed by atoms with van der Waals surface area (Å²) in [5.41, 5.74) is -1.10. The van der Waals surface area contributed by atoms with Gasteiger partial charge < -0.3 is 15.2 Å². The number of hydrogen-bond donors (Lipinski definition) is 2. The summed E-state index contributed by atoms with van der Waals surface area (Å²) in [5, 5.41) is 12.1. The number of nitrogens with one attached hydrogen (secondary N) is 1. The van der Waals surface area contributed by atoms with Crippen molar-refractivity contribution in [2.75, 3.05) is 0 Å². The van der Waals surface area contributed by atoms with E-state index in [1.165, 1.54) is 25.1 Å². The molecule has 5 nitrogen and oxygen atoms in total. The number of carboxylic acids is 1. The van der Waals surface area contributed by atoms with Gasteiger partial charge in [-0.2, -0.15) is 8.78 Å². The number of carbonyl (C=O) groups excluding carboxylic acids is 1. The van der Waals surface area contributed by atoms with Gasteiger partial charge in [-0.3, -0.25) is 9.59 Å². The quantitative estimate of drug-likeness (QED) is 0.871. The van der Waals surface area contributed by atoms with Gasteiger partial charge in [0.15, 0.2) is 0 Å². The monoisotopic (exact) mass is 299 g/mol. The molecule has 0 aromatic heterocycles. The number of ether oxygens (including phenoxy) is 1. The molecule has 1 amide bonds. The van der Waals surface area contributed by atoms with Crippen LogP contribution in [0.15, 0.2) is 24.3 Å². The van der Waals surface area contributed by atoms with E-state index < -0.39 is 18.0 Å². The molecule has 0 radical (unpaired) electrons. The average molecular weight is 299 g/mol. The number of para-hydroxylation sites is 1. The van der Waals surface area contributed by atoms with Crippen LogP contribution < -0.4 is 10.1 Å². The number of carbonyl (C=O) groups is 2. The molecule has 1 fully saturated rings. The Morgan fingerprint density at radius 1 is 1.38 bits per heavy atom. The zero-order valence-corrected chi connectivity index (χ0v) is 11.3. The smallest absolute Gasteiger partial charge is 0.387 e. The summed E-state index contributed by atoms with van der Waals surface area (Å²) in [4.78, 5) is 22.6. The second-order valence-corrected chi connectivity index (χ2v) is 5.07. The topological polar surface area (TPSA) is 75.6 Å². The zero-order chi connectivity index (χ0) is 15.6. The minimum absolute atomic E-state index is 0.142. The van der Waals surface area contributed by atoms with Crippen LogP contribution in [-0.2, 0) is 15.0 Å². The maximum atomic E-state index is 12.4. The third-order valence-electron chi connectivity index (χ3n) is 3.63. The molecular formula is C14H15F2NO4. The predicted molar refractivity (Wildman–Crippen MR) is 69.2 cm³/mol. The lowest BCUT2D eigenvalue weighted by atomic mass is 9.61. The summed E-state index contributed by atoms with van der Waals surface area (Å²) in [6.45, 7) is -1.68. The van der Waals surface area contributed by atoms with E-state index in [2.05, 4.69) is 10.1 Å². The van der Waals surface area contributed by atoms with Gasteiger partial charge in [-0.25, -0.2) is 0 Å². The third-order valence-corrected chi connectivity index (χ3v) is 3.63. The first-order chi connectivity index (χ1) is 9.85. The Bertz CT molecular complexity index is 556. The van der Waals surface area contributed by atoms with Crippen LogP contribution in [0.25, 0.3) is 0 Å². The largest absolute Gasteiger partial charge is 0.481 e. The molecule has 114 valence electrons. The lowest BCUT2D eigenvalue weighted by Gasteiger charge is -2.45. The van der Waals surface area contributed by atoms with Crippen molar-refractivity contribution in [3.8, 4) is 5.75 Å². The second kappa shape index (κ2) is 5.67. The summed E-state index contributed by atoms with van der Waals surface area (Å²) in [6.07, 6.45) is 0.289. The highest BCUT2D eigenvalue weighted by Crippen LogP contribution is 2.47. The number of benzene rings is 1. The highest BCUT2D eigenvalue weighted by atomic mass is 19.3. The van der Waals surface area contributed by atoms with Crippen molar-refractivity contribution < 1.29 is 28.2 Å². The Balaban J connectivity index is 2.29. The van der Waals surface area contributed by atoms with Crippen molar-refractivity contribution in [3.05, 3.63) is 29.8 Å². The van der Waals surface area contributed by atoms with Gasteiger partial charge >= 0.3 is 12.6 Å². The normalized spacial score (nSPS) is 24.3. The Morgan fingerprint density at radius 2 is 2.00 bits per heavy atom. The second-order valence-electron chi connectivity index (χ2n) is 5.07. The van der Waals surface area contributed by atoms with Crippen molar-refractivity contribution in [1.29, 1.82) is 0 Å². The van der Waals surface area contributed by atoms with Crippen molar-refractivity contribution in [2.45, 2.75) is 37.8 Å². The number of amides is 1. The molecule has 1 saturated carbocycles. The van der Waals surface area contributed by atoms with Gasteiger partial charge in [0, 0.05) is 18.5 Å². The molecule has 0 spiro atoms. The molecule has 21 heavy (non-hydrogen) atoms. The first kappa shape index (κ1) is 15.2. The molecule has 2 N–H and O–H groups in total. The Hall–Kier alpha value is -2.18. The summed E-state index contributed by atoms with van der Waals surface area (Å²) < 4.78 is 29.3. The van der Waals surface area contributed by atoms with E-state index in [-0.39, 0.29) is 36.1 Å². The summed E-state index contributed by atoms with van der Waals surface area (Å²) >= 11 is 0. The van der Waals surface area contributed by atoms with E-state index in [1.54, 1.807) is 6.07 Å². The van der Waals surface area contributed by atoms with Gasteiger partial charge in [0.1, 0.15) is 11.2 Å². The van der Waals surface area contributed by atoms with E-state index in [9.17, 15) is 23.5 Å². The molecule has 7 heteroatoms. The van der Waals surface area contributed by atoms with E-state index in [1.807, 2.05) is 0 Å². The molecule has 0 unspecified atom stereocenters. The minimum atomic E-state index is -3.02. The fourth-order valence-corrected chi connectivity index (χ4v) is 2.74. The summed E-state index contributed by atoms with van der Waals surface area (Å²) in [6, 6.07) is 5.58. The molecule has 0 atom stereocenters. The highest BCUT2D eigenvalue weighted by molar-refractivity contribution is 5.85. The summed E-state index contributed by atoms with van der Waals surface area (Å²) in [7, 11) is 0. The van der Waals surface area contributed by atoms with Crippen molar-refractivity contribution in [3.63, 3.8) is 0 Å². The van der Waals surface area contributed by atoms with Gasteiger partial charge in [0.05, 0.1) is 0 Å². The SMILES string of the molecule is CC(=O)NC1CC(C(=O)O)(c2ccccc2OC(F)F)C1. The van der Waals surface area contributed by atoms with Gasteiger partial charge in [-0.1, -0.05) is 18.2 Å². The van der Waals surface area contributed by atoms with Crippen molar-refractivity contribution in [1.82, 2.24) is 5.32 Å². The minimum Gasteiger partial charge on any atom is -0.481 e. The van der Waals surface area contributed by atoms with Crippen LogP contribution >= 0.6 is 0 Å². The average Bonchev–Trinajstić information content (AvgIpc) is 2.32. The first-order valence-corrected chi connectivity index (χ1v) is 6.40. The summed E-state index contributed by atoms with van der Waals surface area (Å²) in [5.74, 6) is -1.51. The van der Waals surface area contributed by atoms with Crippen LogP contribution in [0.4, 0.5) is 8.78 Å². The maximum absolute atomic E-state index is 12.4. The van der Waals surface area contributed by atoms with Crippen LogP contribution in [-0.4, -0.2) is 29.6 Å². The van der Waals surface area contributed by atoms with Crippen molar-refractivity contribution >= 4 is 11.9 Å². The number of carboxylic acid groups (broad SMARTS) is 1. The van der Waals surface area contributed by atoms with Crippen LogP contribution in [0.5, 0.6) is 5.75 Å². The van der Waals surface area contributed by atoms with Gasteiger partial charge in [-0.15, -0.1) is 0 Å². The molecule has 1 aliphatic rings. The molecule has 2 rings (SSSR count). The standard InChI is InChI=1S/C14H15F2NO4/c1-8(18)17-9-6-14(7-9,12(19)20)10-4-2-3-5-11(10)21-13(15)16/h2-5,9,13H,6-7H2,1H3,(H,17,18)(H,19,20). The van der Waals surface area contributed by atoms with Crippen LogP contribution in [0.1, 0.15) is 25.3 Å². The molecular weight excluding hydrogens is 284 g/mol. The fourth-order valence-electron chi connectivity index (χ4n) is 2.74. The third kappa shape index (κ3) is 2.96. The number of hydrogen-bond acceptors (Lipinski definition) is 3. The lowest BCUT2D eigenvalue weighted by Crippen LogP contribution is -2.56. The zero-order valence-electron chi connectivity index (χ0n) is 11.3. The first-order valence-electron chi connectivity index (χ1n) is 6.40. The highest BCUT2D eigenvalue weighted by Gasteiger charge is 2.53. The van der Waals surface area contributed by atoms with E-state index in [0.717, 1.165) is 0 Å². The number of rotatable bonds is 5. The molecule has 0 heterocycles. The molecule has 1 aromatic carbocycles. The van der Waals surface area contributed by atoms with Crippen LogP contribution in [0, 0.1) is 0 Å². The van der Waals surface area contributed by atoms with E-state index >= 15 is 0 Å². The lowest BCUT2D eigenvalue weighted by molar-refractivity contribution is -0.149. The van der Waals surface area contributed by atoms with E-state index in [0.29, 0.717) is 0 Å². The van der Waals surface area contributed by atoms with Crippen molar-refractivity contribution in [2.24, 2.45) is 0 Å². The van der Waals surface area contributed by atoms with Crippen LogP contribution in [0.2, 0.25) is 0 Å². The molecule has 0 aliphatic heterocycles. The Morgan fingerprint density at radius 3 is 2.52 bits per heavy atom. The van der Waals surface area contributed by atoms with E-state index in [4.69, 9.17) is 0 Å². The Kier molecular flexibility index (Phi) is 4.11. The Labute approximate surface area is 119 Å². The molecule has 0 bridgehead atoms. The van der Waals surface area contributed by atoms with Crippen LogP contribution in [0.3, 0.4) is 0 Å². The molecule has 1 aromatic rings. The fraction of sp³-hybridized carbons (Fsp3) is 0.429. The van der Waals surface area contributed by atoms with Gasteiger partial charge in [0.2, 0.25) is 5.91 Å². The number of aliphatic carboxylic acids is 1. The number of halogens is 2. The van der Waals surface area contributed by atoms with Gasteiger partial charge in [-0.05, 0) is 18.9 Å². The predicted octanol–water partition coefficient (Wildman–Crippen LogP) is 1.91. The number of alkyl halides is 2. The van der Waals surface area contributed by atoms with Gasteiger partial charge in [0.25, 0.3) is 0 Å². The maximum Gasteiger partial charge on any atom is 0.387 e.